The quantitative estimate of drug-likeness (QED) is 0.0262. The van der Waals surface area contributed by atoms with Gasteiger partial charge in [-0.15, -0.1) is 0 Å². The molecule has 0 heterocycles. The summed E-state index contributed by atoms with van der Waals surface area (Å²) in [7, 11) is 0. The highest BCUT2D eigenvalue weighted by Gasteiger charge is 2.19. The number of hydrogen-bond acceptors (Lipinski definition) is 6. The third kappa shape index (κ3) is 51.3. The van der Waals surface area contributed by atoms with Gasteiger partial charge in [-0.25, -0.2) is 0 Å². The van der Waals surface area contributed by atoms with Gasteiger partial charge >= 0.3 is 17.9 Å². The topological polar surface area (TPSA) is 78.9 Å². The van der Waals surface area contributed by atoms with Gasteiger partial charge in [-0.3, -0.25) is 14.4 Å². The Morgan fingerprint density at radius 3 is 0.939 bits per heavy atom. The van der Waals surface area contributed by atoms with Gasteiger partial charge in [0.2, 0.25) is 0 Å². The van der Waals surface area contributed by atoms with E-state index in [1.807, 2.05) is 0 Å². The zero-order valence-electron chi connectivity index (χ0n) is 42.9. The third-order valence-electron chi connectivity index (χ3n) is 11.3. The first kappa shape index (κ1) is 62.3. The van der Waals surface area contributed by atoms with Crippen molar-refractivity contribution >= 4 is 17.9 Å². The lowest BCUT2D eigenvalue weighted by molar-refractivity contribution is -0.167. The van der Waals surface area contributed by atoms with Gasteiger partial charge in [-0.2, -0.15) is 0 Å². The summed E-state index contributed by atoms with van der Waals surface area (Å²) in [5, 5.41) is 0. The Labute approximate surface area is 407 Å². The van der Waals surface area contributed by atoms with Gasteiger partial charge in [-0.05, 0) is 109 Å². The maximum absolute atomic E-state index is 12.8. The summed E-state index contributed by atoms with van der Waals surface area (Å²) in [6.07, 6.45) is 71.1. The first-order valence-electron chi connectivity index (χ1n) is 27.2. The van der Waals surface area contributed by atoms with E-state index in [1.54, 1.807) is 0 Å². The summed E-state index contributed by atoms with van der Waals surface area (Å²) in [5.41, 5.74) is 0. The lowest BCUT2D eigenvalue weighted by Gasteiger charge is -2.18. The molecule has 0 fully saturated rings. The molecular weight excluding hydrogens is 817 g/mol. The molecule has 0 aromatic heterocycles. The van der Waals surface area contributed by atoms with E-state index in [2.05, 4.69) is 118 Å². The van der Waals surface area contributed by atoms with E-state index in [-0.39, 0.29) is 31.1 Å². The Bertz CT molecular complexity index is 1330. The Balaban J connectivity index is 4.35. The monoisotopic (exact) mass is 917 g/mol. The molecule has 0 spiro atoms. The van der Waals surface area contributed by atoms with Crippen LogP contribution in [0.3, 0.4) is 0 Å². The molecule has 0 radical (unpaired) electrons. The predicted molar refractivity (Wildman–Crippen MR) is 284 cm³/mol. The fourth-order valence-electron chi connectivity index (χ4n) is 7.27. The normalized spacial score (nSPS) is 12.8. The summed E-state index contributed by atoms with van der Waals surface area (Å²) in [6.45, 7) is 6.33. The van der Waals surface area contributed by atoms with Crippen molar-refractivity contribution < 1.29 is 28.6 Å². The van der Waals surface area contributed by atoms with E-state index in [1.165, 1.54) is 70.6 Å². The SMILES string of the molecule is CC/C=C\C/C=C\C/C=C\C/C=C\CCCCCCCCCCC(=O)OCC(COC(=O)CCCCCCC/C=C\CCC)OC(=O)CCCCCCCCC/C=C\C/C=C\C/C=C\CC. The predicted octanol–water partition coefficient (Wildman–Crippen LogP) is 18.1. The van der Waals surface area contributed by atoms with E-state index >= 15 is 0 Å². The number of carbonyl (C=O) groups is 3. The van der Waals surface area contributed by atoms with Crippen molar-refractivity contribution in [2.45, 2.75) is 252 Å². The lowest BCUT2D eigenvalue weighted by atomic mass is 10.1. The van der Waals surface area contributed by atoms with Crippen LogP contribution in [0.1, 0.15) is 245 Å². The molecule has 1 atom stereocenters. The molecular formula is C60H100O6. The van der Waals surface area contributed by atoms with Crippen molar-refractivity contribution in [3.8, 4) is 0 Å². The summed E-state index contributed by atoms with van der Waals surface area (Å²) in [4.78, 5) is 38.0. The molecule has 0 bridgehead atoms. The number of unbranched alkanes of at least 4 members (excludes halogenated alkanes) is 21. The van der Waals surface area contributed by atoms with E-state index in [9.17, 15) is 14.4 Å². The Morgan fingerprint density at radius 1 is 0.318 bits per heavy atom. The highest BCUT2D eigenvalue weighted by molar-refractivity contribution is 5.71. The highest BCUT2D eigenvalue weighted by Crippen LogP contribution is 2.14. The Morgan fingerprint density at radius 2 is 0.591 bits per heavy atom. The van der Waals surface area contributed by atoms with Gasteiger partial charge in [0, 0.05) is 19.3 Å². The largest absolute Gasteiger partial charge is 0.462 e. The van der Waals surface area contributed by atoms with Gasteiger partial charge in [0.25, 0.3) is 0 Å². The number of hydrogen-bond donors (Lipinski definition) is 0. The average Bonchev–Trinajstić information content (AvgIpc) is 3.31. The van der Waals surface area contributed by atoms with Gasteiger partial charge in [0.15, 0.2) is 6.10 Å². The minimum absolute atomic E-state index is 0.0893. The molecule has 0 saturated carbocycles. The van der Waals surface area contributed by atoms with Crippen molar-refractivity contribution in [3.05, 3.63) is 97.2 Å². The zero-order valence-corrected chi connectivity index (χ0v) is 42.9. The average molecular weight is 917 g/mol. The van der Waals surface area contributed by atoms with E-state index in [4.69, 9.17) is 14.2 Å². The maximum Gasteiger partial charge on any atom is 0.306 e. The fraction of sp³-hybridized carbons (Fsp3) is 0.683. The molecule has 6 heteroatoms. The summed E-state index contributed by atoms with van der Waals surface area (Å²) in [6, 6.07) is 0. The number of allylic oxidation sites excluding steroid dienone is 16. The first-order chi connectivity index (χ1) is 32.5. The van der Waals surface area contributed by atoms with Crippen molar-refractivity contribution in [3.63, 3.8) is 0 Å². The molecule has 0 aromatic rings. The fourth-order valence-corrected chi connectivity index (χ4v) is 7.27. The highest BCUT2D eigenvalue weighted by atomic mass is 16.6. The second-order valence-electron chi connectivity index (χ2n) is 17.7. The lowest BCUT2D eigenvalue weighted by Crippen LogP contribution is -2.30. The van der Waals surface area contributed by atoms with Crippen LogP contribution in [0.2, 0.25) is 0 Å². The van der Waals surface area contributed by atoms with Gasteiger partial charge in [0.05, 0.1) is 0 Å². The van der Waals surface area contributed by atoms with Gasteiger partial charge in [0.1, 0.15) is 13.2 Å². The van der Waals surface area contributed by atoms with Crippen LogP contribution >= 0.6 is 0 Å². The first-order valence-corrected chi connectivity index (χ1v) is 27.2. The zero-order chi connectivity index (χ0) is 47.9. The standard InChI is InChI=1S/C60H100O6/c1-4-7-10-13-16-19-22-24-26-28-29-30-31-33-34-36-38-41-44-47-50-53-59(62)65-56-57(55-64-58(61)52-49-46-43-40-21-18-15-12-9-6-3)66-60(63)54-51-48-45-42-39-37-35-32-27-25-23-20-17-14-11-8-5-2/h7-8,10-12,15-17,19-20,24-27,29-30,57H,4-6,9,13-14,18,21-23,28,31-56H2,1-3H3/b10-7-,11-8-,15-12-,19-16-,20-17-,26-24-,27-25-,30-29-. The number of esters is 3. The summed E-state index contributed by atoms with van der Waals surface area (Å²) in [5.74, 6) is -0.918. The van der Waals surface area contributed by atoms with Crippen LogP contribution in [-0.4, -0.2) is 37.2 Å². The number of ether oxygens (including phenoxy) is 3. The number of carbonyl (C=O) groups excluding carboxylic acids is 3. The summed E-state index contributed by atoms with van der Waals surface area (Å²) < 4.78 is 16.8. The number of rotatable bonds is 48. The molecule has 66 heavy (non-hydrogen) atoms. The minimum atomic E-state index is -0.790. The smallest absolute Gasteiger partial charge is 0.306 e. The van der Waals surface area contributed by atoms with Crippen LogP contribution in [-0.2, 0) is 28.6 Å². The molecule has 0 N–H and O–H groups in total. The van der Waals surface area contributed by atoms with Crippen LogP contribution in [0, 0.1) is 0 Å². The van der Waals surface area contributed by atoms with Crippen molar-refractivity contribution in [2.75, 3.05) is 13.2 Å². The second kappa shape index (κ2) is 53.9. The molecule has 0 aliphatic heterocycles. The Kier molecular flexibility index (Phi) is 50.9. The molecule has 376 valence electrons. The minimum Gasteiger partial charge on any atom is -0.462 e. The van der Waals surface area contributed by atoms with Crippen LogP contribution in [0.5, 0.6) is 0 Å². The van der Waals surface area contributed by atoms with Crippen LogP contribution in [0.25, 0.3) is 0 Å². The van der Waals surface area contributed by atoms with Crippen LogP contribution in [0.15, 0.2) is 97.2 Å². The molecule has 0 aromatic carbocycles. The van der Waals surface area contributed by atoms with E-state index in [0.717, 1.165) is 135 Å². The molecule has 0 saturated heterocycles. The van der Waals surface area contributed by atoms with Crippen LogP contribution < -0.4 is 0 Å². The molecule has 6 nitrogen and oxygen atoms in total. The van der Waals surface area contributed by atoms with E-state index in [0.29, 0.717) is 19.3 Å². The third-order valence-corrected chi connectivity index (χ3v) is 11.3. The van der Waals surface area contributed by atoms with Crippen molar-refractivity contribution in [1.29, 1.82) is 0 Å². The molecule has 0 aliphatic rings. The summed E-state index contributed by atoms with van der Waals surface area (Å²) >= 11 is 0. The van der Waals surface area contributed by atoms with E-state index < -0.39 is 6.10 Å². The van der Waals surface area contributed by atoms with Crippen LogP contribution in [0.4, 0.5) is 0 Å². The van der Waals surface area contributed by atoms with Gasteiger partial charge in [-0.1, -0.05) is 214 Å². The molecule has 0 aliphatic carbocycles. The van der Waals surface area contributed by atoms with Crippen molar-refractivity contribution in [1.82, 2.24) is 0 Å². The second-order valence-corrected chi connectivity index (χ2v) is 17.7. The maximum atomic E-state index is 12.8. The van der Waals surface area contributed by atoms with Gasteiger partial charge < -0.3 is 14.2 Å². The molecule has 0 amide bonds. The molecule has 0 rings (SSSR count). The van der Waals surface area contributed by atoms with Crippen molar-refractivity contribution in [2.24, 2.45) is 0 Å². The molecule has 1 unspecified atom stereocenters. The Hall–Kier alpha value is -3.67.